The summed E-state index contributed by atoms with van der Waals surface area (Å²) >= 11 is 3.56. The van der Waals surface area contributed by atoms with Crippen molar-refractivity contribution in [1.82, 2.24) is 14.7 Å². The molecule has 0 aliphatic carbocycles. The van der Waals surface area contributed by atoms with Crippen LogP contribution >= 0.6 is 15.9 Å². The van der Waals surface area contributed by atoms with Gasteiger partial charge in [-0.2, -0.15) is 5.10 Å². The molecule has 0 N–H and O–H groups in total. The second kappa shape index (κ2) is 3.96. The van der Waals surface area contributed by atoms with Crippen molar-refractivity contribution in [3.05, 3.63) is 45.7 Å². The zero-order valence-electron chi connectivity index (χ0n) is 9.94. The molecule has 0 amide bonds. The monoisotopic (exact) mass is 291 g/mol. The van der Waals surface area contributed by atoms with E-state index in [1.807, 2.05) is 0 Å². The zero-order chi connectivity index (χ0) is 12.0. The molecule has 0 spiro atoms. The van der Waals surface area contributed by atoms with Gasteiger partial charge in [0.2, 0.25) is 0 Å². The second-order valence-corrected chi connectivity index (χ2v) is 5.34. The Labute approximate surface area is 109 Å². The molecule has 0 saturated carbocycles. The van der Waals surface area contributed by atoms with Crippen LogP contribution in [0.3, 0.4) is 0 Å². The number of rotatable bonds is 1. The van der Waals surface area contributed by atoms with Crippen LogP contribution in [0.25, 0.3) is 5.69 Å². The zero-order valence-corrected chi connectivity index (χ0v) is 11.5. The molecule has 3 rings (SSSR count). The summed E-state index contributed by atoms with van der Waals surface area (Å²) in [5, 5.41) is 4.60. The number of benzene rings is 1. The third-order valence-corrected chi connectivity index (χ3v) is 3.87. The molecule has 17 heavy (non-hydrogen) atoms. The van der Waals surface area contributed by atoms with Gasteiger partial charge in [0.05, 0.1) is 11.4 Å². The van der Waals surface area contributed by atoms with Gasteiger partial charge < -0.3 is 0 Å². The number of fused-ring (bicyclic) bond motifs is 1. The van der Waals surface area contributed by atoms with E-state index in [4.69, 9.17) is 0 Å². The number of hydrogen-bond donors (Lipinski definition) is 0. The topological polar surface area (TPSA) is 21.1 Å². The van der Waals surface area contributed by atoms with E-state index in [9.17, 15) is 0 Å². The minimum absolute atomic E-state index is 0.961. The van der Waals surface area contributed by atoms with E-state index in [1.54, 1.807) is 0 Å². The molecule has 1 aromatic carbocycles. The molecule has 2 aromatic rings. The summed E-state index contributed by atoms with van der Waals surface area (Å²) in [7, 11) is 2.13. The molecule has 1 aliphatic rings. The number of halogens is 1. The number of aryl methyl sites for hydroxylation is 1. The van der Waals surface area contributed by atoms with Gasteiger partial charge in [0.25, 0.3) is 0 Å². The Morgan fingerprint density at radius 2 is 2.00 bits per heavy atom. The van der Waals surface area contributed by atoms with E-state index in [0.29, 0.717) is 0 Å². The lowest BCUT2D eigenvalue weighted by Crippen LogP contribution is -2.12. The van der Waals surface area contributed by atoms with Crippen molar-refractivity contribution in [3.63, 3.8) is 0 Å². The molecular weight excluding hydrogens is 278 g/mol. The summed E-state index contributed by atoms with van der Waals surface area (Å²) < 4.78 is 3.04. The average Bonchev–Trinajstić information content (AvgIpc) is 2.80. The number of hydrogen-bond acceptors (Lipinski definition) is 2. The first-order chi connectivity index (χ1) is 8.16. The smallest absolute Gasteiger partial charge is 0.133 e. The quantitative estimate of drug-likeness (QED) is 0.806. The number of aromatic nitrogens is 2. The second-order valence-electron chi connectivity index (χ2n) is 4.59. The lowest BCUT2D eigenvalue weighted by molar-refractivity contribution is 0.345. The van der Waals surface area contributed by atoms with Gasteiger partial charge in [-0.15, -0.1) is 0 Å². The first-order valence-electron chi connectivity index (χ1n) is 5.67. The third kappa shape index (κ3) is 1.72. The highest BCUT2D eigenvalue weighted by atomic mass is 79.9. The molecule has 1 aliphatic heterocycles. The van der Waals surface area contributed by atoms with Gasteiger partial charge in [-0.1, -0.05) is 18.2 Å². The molecule has 0 unspecified atom stereocenters. The molecule has 0 radical (unpaired) electrons. The van der Waals surface area contributed by atoms with Crippen LogP contribution in [0.15, 0.2) is 28.9 Å². The van der Waals surface area contributed by atoms with Crippen LogP contribution < -0.4 is 0 Å². The Kier molecular flexibility index (Phi) is 2.56. The maximum Gasteiger partial charge on any atom is 0.133 e. The Balaban J connectivity index is 2.18. The van der Waals surface area contributed by atoms with Gasteiger partial charge in [-0.3, -0.25) is 4.90 Å². The third-order valence-electron chi connectivity index (χ3n) is 3.23. The van der Waals surface area contributed by atoms with Crippen LogP contribution in [0.1, 0.15) is 16.8 Å². The molecular formula is C13H14BrN3. The predicted octanol–water partition coefficient (Wildman–Crippen LogP) is 2.89. The Morgan fingerprint density at radius 1 is 1.24 bits per heavy atom. The van der Waals surface area contributed by atoms with Crippen molar-refractivity contribution in [2.75, 3.05) is 7.05 Å². The van der Waals surface area contributed by atoms with Gasteiger partial charge >= 0.3 is 0 Å². The normalized spacial score (nSPS) is 15.2. The predicted molar refractivity (Wildman–Crippen MR) is 71.2 cm³/mol. The minimum Gasteiger partial charge on any atom is -0.296 e. The minimum atomic E-state index is 0.961. The summed E-state index contributed by atoms with van der Waals surface area (Å²) in [6, 6.07) is 8.36. The first kappa shape index (κ1) is 11.0. The van der Waals surface area contributed by atoms with Gasteiger partial charge in [0.15, 0.2) is 0 Å². The molecule has 0 fully saturated rings. The Hall–Kier alpha value is -1.13. The molecule has 0 atom stereocenters. The molecule has 4 heteroatoms. The standard InChI is InChI=1S/C13H14BrN3/c1-9-5-3-4-6-11(9)17-12-8-16(2)7-10(12)13(14)15-17/h3-6H,7-8H2,1-2H3. The number of para-hydroxylation sites is 1. The van der Waals surface area contributed by atoms with Crippen molar-refractivity contribution in [2.24, 2.45) is 0 Å². The van der Waals surface area contributed by atoms with Crippen molar-refractivity contribution in [3.8, 4) is 5.69 Å². The van der Waals surface area contributed by atoms with Gasteiger partial charge in [-0.05, 0) is 41.5 Å². The SMILES string of the molecule is Cc1ccccc1-n1nc(Br)c2c1CN(C)C2. The molecule has 3 nitrogen and oxygen atoms in total. The maximum absolute atomic E-state index is 4.60. The fourth-order valence-corrected chi connectivity index (χ4v) is 2.87. The molecule has 0 bridgehead atoms. The number of nitrogens with zero attached hydrogens (tertiary/aromatic N) is 3. The van der Waals surface area contributed by atoms with E-state index in [2.05, 4.69) is 68.8 Å². The summed E-state index contributed by atoms with van der Waals surface area (Å²) in [6.45, 7) is 4.06. The fraction of sp³-hybridized carbons (Fsp3) is 0.308. The van der Waals surface area contributed by atoms with Crippen LogP contribution in [0.2, 0.25) is 0 Å². The van der Waals surface area contributed by atoms with Crippen LogP contribution in [0, 0.1) is 6.92 Å². The van der Waals surface area contributed by atoms with Crippen LogP contribution in [-0.4, -0.2) is 21.7 Å². The van der Waals surface area contributed by atoms with E-state index >= 15 is 0 Å². The van der Waals surface area contributed by atoms with Crippen molar-refractivity contribution in [1.29, 1.82) is 0 Å². The van der Waals surface area contributed by atoms with Crippen LogP contribution in [0.4, 0.5) is 0 Å². The summed E-state index contributed by atoms with van der Waals surface area (Å²) in [5.74, 6) is 0. The largest absolute Gasteiger partial charge is 0.296 e. The summed E-state index contributed by atoms with van der Waals surface area (Å²) in [5.41, 5.74) is 5.04. The van der Waals surface area contributed by atoms with E-state index < -0.39 is 0 Å². The van der Waals surface area contributed by atoms with Crippen LogP contribution in [-0.2, 0) is 13.1 Å². The highest BCUT2D eigenvalue weighted by Crippen LogP contribution is 2.30. The van der Waals surface area contributed by atoms with E-state index in [1.165, 1.54) is 22.5 Å². The van der Waals surface area contributed by atoms with Gasteiger partial charge in [0, 0.05) is 18.7 Å². The van der Waals surface area contributed by atoms with E-state index in [-0.39, 0.29) is 0 Å². The van der Waals surface area contributed by atoms with Gasteiger partial charge in [0.1, 0.15) is 4.60 Å². The lowest BCUT2D eigenvalue weighted by Gasteiger charge is -2.10. The van der Waals surface area contributed by atoms with Crippen molar-refractivity contribution < 1.29 is 0 Å². The Morgan fingerprint density at radius 3 is 2.76 bits per heavy atom. The Bertz CT molecular complexity index is 574. The van der Waals surface area contributed by atoms with E-state index in [0.717, 1.165) is 17.7 Å². The highest BCUT2D eigenvalue weighted by molar-refractivity contribution is 9.10. The molecule has 2 heterocycles. The lowest BCUT2D eigenvalue weighted by atomic mass is 10.2. The maximum atomic E-state index is 4.60. The average molecular weight is 292 g/mol. The molecule has 88 valence electrons. The molecule has 1 aromatic heterocycles. The fourth-order valence-electron chi connectivity index (χ4n) is 2.36. The van der Waals surface area contributed by atoms with Crippen molar-refractivity contribution in [2.45, 2.75) is 20.0 Å². The van der Waals surface area contributed by atoms with Gasteiger partial charge in [-0.25, -0.2) is 4.68 Å². The molecule has 0 saturated heterocycles. The summed E-state index contributed by atoms with van der Waals surface area (Å²) in [4.78, 5) is 2.30. The van der Waals surface area contributed by atoms with Crippen molar-refractivity contribution >= 4 is 15.9 Å². The first-order valence-corrected chi connectivity index (χ1v) is 6.47. The van der Waals surface area contributed by atoms with Crippen LogP contribution in [0.5, 0.6) is 0 Å². The summed E-state index contributed by atoms with van der Waals surface area (Å²) in [6.07, 6.45) is 0. The highest BCUT2D eigenvalue weighted by Gasteiger charge is 2.25.